The number of carbonyl (C=O) groups excluding carboxylic acids is 2. The van der Waals surface area contributed by atoms with Crippen molar-refractivity contribution in [2.75, 3.05) is 25.6 Å². The van der Waals surface area contributed by atoms with Crippen molar-refractivity contribution in [1.29, 1.82) is 0 Å². The average Bonchev–Trinajstić information content (AvgIpc) is 3.37. The summed E-state index contributed by atoms with van der Waals surface area (Å²) in [4.78, 5) is 30.2. The van der Waals surface area contributed by atoms with Gasteiger partial charge in [0.15, 0.2) is 0 Å². The molecule has 3 aliphatic carbocycles. The minimum absolute atomic E-state index is 0.0852. The van der Waals surface area contributed by atoms with Gasteiger partial charge in [0.25, 0.3) is 5.91 Å². The van der Waals surface area contributed by atoms with Gasteiger partial charge in [-0.2, -0.15) is 0 Å². The van der Waals surface area contributed by atoms with E-state index in [1.807, 2.05) is 4.57 Å². The molecule has 8 heteroatoms. The highest BCUT2D eigenvalue weighted by Crippen LogP contribution is 2.69. The second-order valence-electron chi connectivity index (χ2n) is 10.3. The monoisotopic (exact) mass is 488 g/mol. The van der Waals surface area contributed by atoms with Crippen LogP contribution in [0.15, 0.2) is 54.9 Å². The van der Waals surface area contributed by atoms with E-state index in [-0.39, 0.29) is 24.2 Å². The highest BCUT2D eigenvalue weighted by atomic mass is 19.1. The SMILES string of the molecule is COCC(=O)Nc1cc(C(=O)NCC2CC3C=CC2C32CC2)c2c(c1)ncn2Cc1ccc(F)cc1. The molecule has 1 aromatic heterocycles. The van der Waals surface area contributed by atoms with Gasteiger partial charge in [0.1, 0.15) is 12.4 Å². The van der Waals surface area contributed by atoms with Gasteiger partial charge in [-0.15, -0.1) is 0 Å². The van der Waals surface area contributed by atoms with E-state index in [1.54, 1.807) is 30.6 Å². The maximum absolute atomic E-state index is 13.6. The van der Waals surface area contributed by atoms with Crippen LogP contribution in [0, 0.1) is 29.0 Å². The number of nitrogens with one attached hydrogen (secondary N) is 2. The maximum Gasteiger partial charge on any atom is 0.253 e. The van der Waals surface area contributed by atoms with Crippen molar-refractivity contribution >= 4 is 28.5 Å². The lowest BCUT2D eigenvalue weighted by molar-refractivity contribution is -0.119. The van der Waals surface area contributed by atoms with Gasteiger partial charge in [-0.25, -0.2) is 9.37 Å². The molecule has 2 aromatic carbocycles. The first-order valence-electron chi connectivity index (χ1n) is 12.5. The number of allylic oxidation sites excluding steroid dienone is 2. The van der Waals surface area contributed by atoms with Gasteiger partial charge in [-0.05, 0) is 72.3 Å². The van der Waals surface area contributed by atoms with E-state index in [9.17, 15) is 14.0 Å². The summed E-state index contributed by atoms with van der Waals surface area (Å²) in [6.07, 6.45) is 10.1. The molecule has 2 amide bonds. The number of rotatable bonds is 8. The van der Waals surface area contributed by atoms with Gasteiger partial charge < -0.3 is 19.9 Å². The Kier molecular flexibility index (Phi) is 5.63. The number of ether oxygens (including phenoxy) is 1. The van der Waals surface area contributed by atoms with Crippen molar-refractivity contribution in [3.63, 3.8) is 0 Å². The summed E-state index contributed by atoms with van der Waals surface area (Å²) in [5.41, 5.74) is 3.57. The topological polar surface area (TPSA) is 85.2 Å². The number of amides is 2. The Bertz CT molecular complexity index is 1360. The maximum atomic E-state index is 13.6. The number of imidazole rings is 1. The fraction of sp³-hybridized carbons (Fsp3) is 0.393. The molecule has 2 fully saturated rings. The highest BCUT2D eigenvalue weighted by molar-refractivity contribution is 6.07. The molecule has 1 heterocycles. The predicted molar refractivity (Wildman–Crippen MR) is 134 cm³/mol. The van der Waals surface area contributed by atoms with E-state index < -0.39 is 0 Å². The lowest BCUT2D eigenvalue weighted by atomic mass is 9.89. The van der Waals surface area contributed by atoms with Crippen molar-refractivity contribution in [2.45, 2.75) is 25.8 Å². The number of hydrogen-bond donors (Lipinski definition) is 2. The predicted octanol–water partition coefficient (Wildman–Crippen LogP) is 4.14. The Morgan fingerprint density at radius 2 is 2.00 bits per heavy atom. The van der Waals surface area contributed by atoms with Gasteiger partial charge in [0.2, 0.25) is 5.91 Å². The van der Waals surface area contributed by atoms with Gasteiger partial charge in [-0.1, -0.05) is 24.3 Å². The summed E-state index contributed by atoms with van der Waals surface area (Å²) >= 11 is 0. The van der Waals surface area contributed by atoms with Crippen LogP contribution in [0.25, 0.3) is 11.0 Å². The third-order valence-electron chi connectivity index (χ3n) is 8.15. The number of aromatic nitrogens is 2. The first kappa shape index (κ1) is 22.9. The van der Waals surface area contributed by atoms with Crippen LogP contribution in [0.4, 0.5) is 10.1 Å². The molecule has 186 valence electrons. The minimum Gasteiger partial charge on any atom is -0.375 e. The molecule has 3 aromatic rings. The van der Waals surface area contributed by atoms with Crippen molar-refractivity contribution in [1.82, 2.24) is 14.9 Å². The Hall–Kier alpha value is -3.52. The normalized spacial score (nSPS) is 22.9. The van der Waals surface area contributed by atoms with E-state index in [4.69, 9.17) is 4.74 Å². The van der Waals surface area contributed by atoms with Crippen LogP contribution >= 0.6 is 0 Å². The number of benzene rings is 2. The molecular formula is C28H29FN4O3. The van der Waals surface area contributed by atoms with Crippen LogP contribution in [0.1, 0.15) is 35.2 Å². The van der Waals surface area contributed by atoms with Gasteiger partial charge in [0, 0.05) is 25.9 Å². The second-order valence-corrected chi connectivity index (χ2v) is 10.3. The van der Waals surface area contributed by atoms with Crippen molar-refractivity contribution in [2.24, 2.45) is 23.2 Å². The zero-order chi connectivity index (χ0) is 24.9. The lowest BCUT2D eigenvalue weighted by Gasteiger charge is -2.20. The number of nitrogens with zero attached hydrogens (tertiary/aromatic N) is 2. The van der Waals surface area contributed by atoms with Crippen molar-refractivity contribution < 1.29 is 18.7 Å². The molecular weight excluding hydrogens is 459 g/mol. The van der Waals surface area contributed by atoms with E-state index >= 15 is 0 Å². The smallest absolute Gasteiger partial charge is 0.253 e. The summed E-state index contributed by atoms with van der Waals surface area (Å²) in [5.74, 6) is 0.877. The van der Waals surface area contributed by atoms with Crippen LogP contribution in [-0.4, -0.2) is 41.6 Å². The Balaban J connectivity index is 1.28. The number of carbonyl (C=O) groups is 2. The molecule has 2 bridgehead atoms. The van der Waals surface area contributed by atoms with Crippen molar-refractivity contribution in [3.8, 4) is 0 Å². The fourth-order valence-corrected chi connectivity index (χ4v) is 6.36. The molecule has 0 radical (unpaired) electrons. The molecule has 0 saturated heterocycles. The standard InChI is InChI=1S/C28H29FN4O3/c1-36-15-25(34)32-21-11-22(27(35)30-13-18-10-19-4-7-23(18)28(19)8-9-28)26-24(12-21)31-16-33(26)14-17-2-5-20(29)6-3-17/h2-7,11-12,16,18-19,23H,8-10,13-15H2,1H3,(H,30,35)(H,32,34). The Morgan fingerprint density at radius 1 is 1.19 bits per heavy atom. The number of fused-ring (bicyclic) bond motifs is 1. The Morgan fingerprint density at radius 3 is 2.72 bits per heavy atom. The molecule has 1 spiro atoms. The first-order chi connectivity index (χ1) is 17.5. The molecule has 6 rings (SSSR count). The van der Waals surface area contributed by atoms with E-state index in [2.05, 4.69) is 27.8 Å². The Labute approximate surface area is 208 Å². The van der Waals surface area contributed by atoms with Crippen LogP contribution < -0.4 is 10.6 Å². The highest BCUT2D eigenvalue weighted by Gasteiger charge is 2.62. The molecule has 36 heavy (non-hydrogen) atoms. The zero-order valence-electron chi connectivity index (χ0n) is 20.2. The van der Waals surface area contributed by atoms with E-state index in [1.165, 1.54) is 32.1 Å². The largest absolute Gasteiger partial charge is 0.375 e. The average molecular weight is 489 g/mol. The lowest BCUT2D eigenvalue weighted by Crippen LogP contribution is -2.32. The number of hydrogen-bond acceptors (Lipinski definition) is 4. The number of anilines is 1. The molecule has 7 nitrogen and oxygen atoms in total. The summed E-state index contributed by atoms with van der Waals surface area (Å²) in [6.45, 7) is 0.976. The van der Waals surface area contributed by atoms with E-state index in [0.717, 1.165) is 12.0 Å². The molecule has 3 aliphatic rings. The number of methoxy groups -OCH3 is 1. The quantitative estimate of drug-likeness (QED) is 0.467. The summed E-state index contributed by atoms with van der Waals surface area (Å²) < 4.78 is 20.2. The molecule has 0 aliphatic heterocycles. The van der Waals surface area contributed by atoms with E-state index in [0.29, 0.717) is 58.5 Å². The number of halogens is 1. The molecule has 3 unspecified atom stereocenters. The molecule has 3 atom stereocenters. The van der Waals surface area contributed by atoms with Gasteiger partial charge in [-0.3, -0.25) is 9.59 Å². The van der Waals surface area contributed by atoms with Crippen LogP contribution in [-0.2, 0) is 16.1 Å². The summed E-state index contributed by atoms with van der Waals surface area (Å²) in [6, 6.07) is 9.71. The second kappa shape index (κ2) is 8.85. The van der Waals surface area contributed by atoms with Crippen LogP contribution in [0.2, 0.25) is 0 Å². The fourth-order valence-electron chi connectivity index (χ4n) is 6.36. The summed E-state index contributed by atoms with van der Waals surface area (Å²) in [5, 5.41) is 5.97. The molecule has 2 saturated carbocycles. The zero-order valence-corrected chi connectivity index (χ0v) is 20.2. The van der Waals surface area contributed by atoms with Gasteiger partial charge >= 0.3 is 0 Å². The van der Waals surface area contributed by atoms with Crippen molar-refractivity contribution in [3.05, 3.63) is 71.8 Å². The summed E-state index contributed by atoms with van der Waals surface area (Å²) in [7, 11) is 1.45. The van der Waals surface area contributed by atoms with Crippen LogP contribution in [0.3, 0.4) is 0 Å². The molecule has 2 N–H and O–H groups in total. The third kappa shape index (κ3) is 3.99. The first-order valence-corrected chi connectivity index (χ1v) is 12.5. The third-order valence-corrected chi connectivity index (χ3v) is 8.15. The minimum atomic E-state index is -0.308. The van der Waals surface area contributed by atoms with Crippen LogP contribution in [0.5, 0.6) is 0 Å². The van der Waals surface area contributed by atoms with Gasteiger partial charge in [0.05, 0.1) is 22.9 Å².